The van der Waals surface area contributed by atoms with Gasteiger partial charge in [-0.25, -0.2) is 4.39 Å². The van der Waals surface area contributed by atoms with Gasteiger partial charge in [-0.3, -0.25) is 9.59 Å². The Hall–Kier alpha value is -2.73. The molecule has 2 aliphatic heterocycles. The fraction of sp³-hybridized carbons (Fsp3) is 0.391. The lowest BCUT2D eigenvalue weighted by atomic mass is 9.85. The third-order valence-corrected chi connectivity index (χ3v) is 5.92. The van der Waals surface area contributed by atoms with E-state index >= 15 is 0 Å². The molecule has 2 aromatic carbocycles. The Morgan fingerprint density at radius 1 is 1.14 bits per heavy atom. The van der Waals surface area contributed by atoms with Gasteiger partial charge in [0, 0.05) is 13.1 Å². The van der Waals surface area contributed by atoms with Crippen LogP contribution in [-0.2, 0) is 27.3 Å². The lowest BCUT2D eigenvalue weighted by Gasteiger charge is -2.53. The molecular formula is C23H25FN2O3. The number of piperidine rings is 1. The molecule has 2 aromatic rings. The van der Waals surface area contributed by atoms with Crippen molar-refractivity contribution in [2.24, 2.45) is 0 Å². The monoisotopic (exact) mass is 396 g/mol. The minimum absolute atomic E-state index is 0.00797. The number of carbonyl (C=O) groups excluding carboxylic acids is 2. The Kier molecular flexibility index (Phi) is 5.37. The summed E-state index contributed by atoms with van der Waals surface area (Å²) in [7, 11) is 0. The summed E-state index contributed by atoms with van der Waals surface area (Å²) in [5, 5.41) is 0. The zero-order valence-corrected chi connectivity index (χ0v) is 16.5. The highest BCUT2D eigenvalue weighted by molar-refractivity contribution is 5.80. The van der Waals surface area contributed by atoms with Crippen LogP contribution >= 0.6 is 0 Å². The number of amides is 2. The Morgan fingerprint density at radius 2 is 1.86 bits per heavy atom. The number of halogens is 1. The van der Waals surface area contributed by atoms with Crippen LogP contribution < -0.4 is 0 Å². The van der Waals surface area contributed by atoms with E-state index in [9.17, 15) is 14.0 Å². The van der Waals surface area contributed by atoms with Crippen molar-refractivity contribution in [3.05, 3.63) is 71.5 Å². The molecule has 0 radical (unpaired) electrons. The Bertz CT molecular complexity index is 887. The fourth-order valence-electron chi connectivity index (χ4n) is 4.34. The predicted molar refractivity (Wildman–Crippen MR) is 106 cm³/mol. The highest BCUT2D eigenvalue weighted by atomic mass is 19.1. The van der Waals surface area contributed by atoms with E-state index in [1.165, 1.54) is 12.1 Å². The van der Waals surface area contributed by atoms with Crippen LogP contribution in [0.2, 0.25) is 0 Å². The number of ether oxygens (including phenoxy) is 1. The van der Waals surface area contributed by atoms with Gasteiger partial charge in [-0.05, 0) is 36.6 Å². The molecule has 2 atom stereocenters. The maximum absolute atomic E-state index is 13.1. The summed E-state index contributed by atoms with van der Waals surface area (Å²) in [5.74, 6) is -0.331. The minimum atomic E-state index is -0.598. The van der Waals surface area contributed by atoms with E-state index in [4.69, 9.17) is 4.74 Å². The minimum Gasteiger partial charge on any atom is -0.361 e. The molecule has 0 bridgehead atoms. The molecule has 0 N–H and O–H groups in total. The average Bonchev–Trinajstić information content (AvgIpc) is 2.72. The quantitative estimate of drug-likeness (QED) is 0.799. The number of hydrogen-bond donors (Lipinski definition) is 0. The molecule has 0 unspecified atom stereocenters. The van der Waals surface area contributed by atoms with Crippen LogP contribution in [0.3, 0.4) is 0 Å². The van der Waals surface area contributed by atoms with E-state index < -0.39 is 5.60 Å². The number of morpholine rings is 1. The second-order valence-electron chi connectivity index (χ2n) is 8.03. The standard InChI is InChI=1S/C23H25FN2O3/c1-23-16-25(21(27)13-17-7-9-19(24)10-8-17)12-11-20(23)26(22(28)15-29-23)14-18-5-3-2-4-6-18/h2-10,20H,11-16H2,1H3/t20-,23-/m1/s1. The molecule has 2 fully saturated rings. The molecule has 0 saturated carbocycles. The molecule has 2 saturated heterocycles. The first-order valence-electron chi connectivity index (χ1n) is 9.94. The molecule has 29 heavy (non-hydrogen) atoms. The number of fused-ring (bicyclic) bond motifs is 1. The highest BCUT2D eigenvalue weighted by Gasteiger charge is 2.49. The summed E-state index contributed by atoms with van der Waals surface area (Å²) in [6, 6.07) is 15.9. The van der Waals surface area contributed by atoms with Crippen LogP contribution in [-0.4, -0.2) is 53.0 Å². The second kappa shape index (κ2) is 7.95. The molecule has 5 nitrogen and oxygen atoms in total. The Morgan fingerprint density at radius 3 is 2.59 bits per heavy atom. The van der Waals surface area contributed by atoms with Gasteiger partial charge < -0.3 is 14.5 Å². The topological polar surface area (TPSA) is 49.9 Å². The fourth-order valence-corrected chi connectivity index (χ4v) is 4.34. The van der Waals surface area contributed by atoms with Gasteiger partial charge in [0.15, 0.2) is 0 Å². The number of rotatable bonds is 4. The van der Waals surface area contributed by atoms with Crippen molar-refractivity contribution in [3.63, 3.8) is 0 Å². The first-order valence-corrected chi connectivity index (χ1v) is 9.94. The largest absolute Gasteiger partial charge is 0.361 e. The normalized spacial score (nSPS) is 24.3. The van der Waals surface area contributed by atoms with Gasteiger partial charge in [0.2, 0.25) is 11.8 Å². The summed E-state index contributed by atoms with van der Waals surface area (Å²) < 4.78 is 19.1. The van der Waals surface area contributed by atoms with Crippen molar-refractivity contribution < 1.29 is 18.7 Å². The molecule has 0 aromatic heterocycles. The lowest BCUT2D eigenvalue weighted by molar-refractivity contribution is -0.190. The van der Waals surface area contributed by atoms with Crippen molar-refractivity contribution in [2.45, 2.75) is 38.0 Å². The van der Waals surface area contributed by atoms with Gasteiger partial charge in [0.05, 0.1) is 19.0 Å². The summed E-state index contributed by atoms with van der Waals surface area (Å²) in [5.41, 5.74) is 1.27. The number of hydrogen-bond acceptors (Lipinski definition) is 3. The van der Waals surface area contributed by atoms with Crippen molar-refractivity contribution in [3.8, 4) is 0 Å². The van der Waals surface area contributed by atoms with Crippen molar-refractivity contribution in [1.82, 2.24) is 9.80 Å². The van der Waals surface area contributed by atoms with E-state index in [0.29, 0.717) is 26.1 Å². The molecule has 0 spiro atoms. The van der Waals surface area contributed by atoms with Crippen LogP contribution in [0, 0.1) is 5.82 Å². The highest BCUT2D eigenvalue weighted by Crippen LogP contribution is 2.34. The van der Waals surface area contributed by atoms with Crippen LogP contribution in [0.5, 0.6) is 0 Å². The van der Waals surface area contributed by atoms with E-state index in [1.807, 2.05) is 42.2 Å². The first kappa shape index (κ1) is 19.6. The molecule has 4 rings (SSSR count). The van der Waals surface area contributed by atoms with Crippen LogP contribution in [0.1, 0.15) is 24.5 Å². The number of benzene rings is 2. The van der Waals surface area contributed by atoms with Gasteiger partial charge in [-0.15, -0.1) is 0 Å². The van der Waals surface area contributed by atoms with Crippen LogP contribution in [0.25, 0.3) is 0 Å². The van der Waals surface area contributed by atoms with E-state index in [2.05, 4.69) is 0 Å². The van der Waals surface area contributed by atoms with E-state index in [-0.39, 0.29) is 36.7 Å². The third-order valence-electron chi connectivity index (χ3n) is 5.92. The zero-order chi connectivity index (χ0) is 20.4. The number of carbonyl (C=O) groups is 2. The Balaban J connectivity index is 1.46. The van der Waals surface area contributed by atoms with Gasteiger partial charge >= 0.3 is 0 Å². The average molecular weight is 396 g/mol. The van der Waals surface area contributed by atoms with Crippen LogP contribution in [0.15, 0.2) is 54.6 Å². The van der Waals surface area contributed by atoms with Crippen molar-refractivity contribution >= 4 is 11.8 Å². The van der Waals surface area contributed by atoms with Gasteiger partial charge in [0.1, 0.15) is 18.0 Å². The maximum Gasteiger partial charge on any atom is 0.249 e. The van der Waals surface area contributed by atoms with Crippen molar-refractivity contribution in [1.29, 1.82) is 0 Å². The molecule has 2 amide bonds. The van der Waals surface area contributed by atoms with E-state index in [1.54, 1.807) is 17.0 Å². The van der Waals surface area contributed by atoms with Gasteiger partial charge in [-0.1, -0.05) is 42.5 Å². The zero-order valence-electron chi connectivity index (χ0n) is 16.5. The first-order chi connectivity index (χ1) is 13.9. The molecule has 6 heteroatoms. The summed E-state index contributed by atoms with van der Waals surface area (Å²) >= 11 is 0. The van der Waals surface area contributed by atoms with Gasteiger partial charge in [-0.2, -0.15) is 0 Å². The predicted octanol–water partition coefficient (Wildman–Crippen LogP) is 2.79. The second-order valence-corrected chi connectivity index (χ2v) is 8.03. The van der Waals surface area contributed by atoms with Crippen LogP contribution in [0.4, 0.5) is 4.39 Å². The Labute approximate surface area is 170 Å². The van der Waals surface area contributed by atoms with Crippen molar-refractivity contribution in [2.75, 3.05) is 19.7 Å². The molecule has 0 aliphatic carbocycles. The molecule has 2 heterocycles. The summed E-state index contributed by atoms with van der Waals surface area (Å²) in [6.07, 6.45) is 0.901. The summed E-state index contributed by atoms with van der Waals surface area (Å²) in [6.45, 7) is 3.57. The molecular weight excluding hydrogens is 371 g/mol. The maximum atomic E-state index is 13.1. The number of likely N-dealkylation sites (tertiary alicyclic amines) is 1. The smallest absolute Gasteiger partial charge is 0.249 e. The molecule has 2 aliphatic rings. The SMILES string of the molecule is C[C@@]12CN(C(=O)Cc3ccc(F)cc3)CC[C@H]1N(Cc1ccccc1)C(=O)CO2. The van der Waals surface area contributed by atoms with E-state index in [0.717, 1.165) is 11.1 Å². The summed E-state index contributed by atoms with van der Waals surface area (Å²) in [4.78, 5) is 29.1. The number of nitrogens with zero attached hydrogens (tertiary/aromatic N) is 2. The lowest BCUT2D eigenvalue weighted by Crippen LogP contribution is -2.68. The van der Waals surface area contributed by atoms with Gasteiger partial charge in [0.25, 0.3) is 0 Å². The molecule has 152 valence electrons. The third kappa shape index (κ3) is 4.17.